The van der Waals surface area contributed by atoms with Crippen molar-refractivity contribution >= 4 is 0 Å². The van der Waals surface area contributed by atoms with Crippen LogP contribution < -0.4 is 0 Å². The molecule has 96 valence electrons. The number of benzene rings is 1. The number of aromatic nitrogens is 2. The molecule has 0 spiro atoms. The van der Waals surface area contributed by atoms with E-state index in [1.165, 1.54) is 16.7 Å². The smallest absolute Gasteiger partial charge is 0.0662 e. The Morgan fingerprint density at radius 2 is 2.00 bits per heavy atom. The minimum absolute atomic E-state index is 0.178. The van der Waals surface area contributed by atoms with Gasteiger partial charge in [0.15, 0.2) is 0 Å². The number of aliphatic hydroxyl groups excluding tert-OH is 1. The second-order valence-electron chi connectivity index (χ2n) is 4.77. The van der Waals surface area contributed by atoms with Crippen molar-refractivity contribution < 1.29 is 5.11 Å². The molecule has 18 heavy (non-hydrogen) atoms. The van der Waals surface area contributed by atoms with Crippen LogP contribution in [0.5, 0.6) is 0 Å². The van der Waals surface area contributed by atoms with Gasteiger partial charge in [0.1, 0.15) is 0 Å². The van der Waals surface area contributed by atoms with Gasteiger partial charge in [0.2, 0.25) is 0 Å². The van der Waals surface area contributed by atoms with Gasteiger partial charge in [0.25, 0.3) is 0 Å². The lowest BCUT2D eigenvalue weighted by molar-refractivity contribution is 0.299. The van der Waals surface area contributed by atoms with E-state index in [2.05, 4.69) is 43.2 Å². The summed E-state index contributed by atoms with van der Waals surface area (Å²) in [5.74, 6) is 0. The summed E-state index contributed by atoms with van der Waals surface area (Å²) in [6, 6.07) is 8.48. The molecule has 0 radical (unpaired) electrons. The van der Waals surface area contributed by atoms with Crippen LogP contribution in [0.15, 0.2) is 24.3 Å². The van der Waals surface area contributed by atoms with Crippen LogP contribution in [0.3, 0.4) is 0 Å². The van der Waals surface area contributed by atoms with Gasteiger partial charge in [0, 0.05) is 12.3 Å². The Labute approximate surface area is 108 Å². The molecule has 0 saturated carbocycles. The Morgan fingerprint density at radius 3 is 2.67 bits per heavy atom. The standard InChI is InChI=1S/C15H20N2O/c1-11-5-4-6-14(9-11)10-17-13(3)15(7-8-18)12(2)16-17/h4-6,9,18H,7-8,10H2,1-3H3. The molecule has 0 aliphatic rings. The van der Waals surface area contributed by atoms with Crippen molar-refractivity contribution in [1.82, 2.24) is 9.78 Å². The van der Waals surface area contributed by atoms with Gasteiger partial charge in [-0.1, -0.05) is 29.8 Å². The number of aryl methyl sites for hydroxylation is 2. The lowest BCUT2D eigenvalue weighted by atomic mass is 10.1. The molecule has 1 aromatic carbocycles. The SMILES string of the molecule is Cc1cccc(Cn2nc(C)c(CCO)c2C)c1. The molecule has 0 saturated heterocycles. The fraction of sp³-hybridized carbons (Fsp3) is 0.400. The Balaban J connectivity index is 2.27. The average Bonchev–Trinajstić information content (AvgIpc) is 2.57. The molecule has 0 fully saturated rings. The maximum atomic E-state index is 9.07. The molecule has 2 aromatic rings. The monoisotopic (exact) mass is 244 g/mol. The van der Waals surface area contributed by atoms with Gasteiger partial charge in [0.05, 0.1) is 12.2 Å². The van der Waals surface area contributed by atoms with E-state index in [1.54, 1.807) is 0 Å². The highest BCUT2D eigenvalue weighted by Crippen LogP contribution is 2.15. The summed E-state index contributed by atoms with van der Waals surface area (Å²) in [5, 5.41) is 13.6. The topological polar surface area (TPSA) is 38.0 Å². The predicted octanol–water partition coefficient (Wildman–Crippen LogP) is 2.39. The number of aliphatic hydroxyl groups is 1. The Bertz CT molecular complexity index is 543. The molecule has 0 atom stereocenters. The summed E-state index contributed by atoms with van der Waals surface area (Å²) < 4.78 is 2.02. The molecule has 3 heteroatoms. The summed E-state index contributed by atoms with van der Waals surface area (Å²) in [6.07, 6.45) is 0.686. The summed E-state index contributed by atoms with van der Waals surface area (Å²) in [7, 11) is 0. The molecule has 1 aromatic heterocycles. The second kappa shape index (κ2) is 5.36. The van der Waals surface area contributed by atoms with Crippen molar-refractivity contribution in [3.63, 3.8) is 0 Å². The minimum Gasteiger partial charge on any atom is -0.396 e. The van der Waals surface area contributed by atoms with Crippen LogP contribution in [0.4, 0.5) is 0 Å². The quantitative estimate of drug-likeness (QED) is 0.896. The molecular formula is C15H20N2O. The van der Waals surface area contributed by atoms with Crippen LogP contribution in [0, 0.1) is 20.8 Å². The van der Waals surface area contributed by atoms with Crippen molar-refractivity contribution in [3.05, 3.63) is 52.3 Å². The third-order valence-electron chi connectivity index (χ3n) is 3.31. The van der Waals surface area contributed by atoms with Crippen LogP contribution in [-0.4, -0.2) is 21.5 Å². The number of rotatable bonds is 4. The third kappa shape index (κ3) is 2.62. The van der Waals surface area contributed by atoms with Crippen molar-refractivity contribution in [2.75, 3.05) is 6.61 Å². The molecule has 0 bridgehead atoms. The molecular weight excluding hydrogens is 224 g/mol. The Hall–Kier alpha value is -1.61. The van der Waals surface area contributed by atoms with Gasteiger partial charge >= 0.3 is 0 Å². The summed E-state index contributed by atoms with van der Waals surface area (Å²) >= 11 is 0. The molecule has 0 aliphatic heterocycles. The van der Waals surface area contributed by atoms with Crippen LogP contribution in [0.2, 0.25) is 0 Å². The van der Waals surface area contributed by atoms with E-state index in [1.807, 2.05) is 11.6 Å². The van der Waals surface area contributed by atoms with Gasteiger partial charge in [-0.3, -0.25) is 4.68 Å². The van der Waals surface area contributed by atoms with Crippen LogP contribution in [0.1, 0.15) is 28.1 Å². The summed E-state index contributed by atoms with van der Waals surface area (Å²) in [5.41, 5.74) is 5.88. The van der Waals surface area contributed by atoms with E-state index < -0.39 is 0 Å². The van der Waals surface area contributed by atoms with E-state index in [0.717, 1.165) is 17.9 Å². The number of hydrogen-bond acceptors (Lipinski definition) is 2. The highest BCUT2D eigenvalue weighted by molar-refractivity contribution is 5.27. The average molecular weight is 244 g/mol. The van der Waals surface area contributed by atoms with Gasteiger partial charge in [-0.05, 0) is 38.3 Å². The zero-order valence-electron chi connectivity index (χ0n) is 11.3. The zero-order chi connectivity index (χ0) is 13.1. The maximum Gasteiger partial charge on any atom is 0.0662 e. The minimum atomic E-state index is 0.178. The Kier molecular flexibility index (Phi) is 3.82. The number of hydrogen-bond donors (Lipinski definition) is 1. The fourth-order valence-electron chi connectivity index (χ4n) is 2.34. The zero-order valence-corrected chi connectivity index (χ0v) is 11.3. The van der Waals surface area contributed by atoms with Gasteiger partial charge < -0.3 is 5.11 Å². The second-order valence-corrected chi connectivity index (χ2v) is 4.77. The summed E-state index contributed by atoms with van der Waals surface area (Å²) in [6.45, 7) is 7.14. The predicted molar refractivity (Wildman–Crippen MR) is 72.8 cm³/mol. The van der Waals surface area contributed by atoms with Crippen LogP contribution >= 0.6 is 0 Å². The Morgan fingerprint density at radius 1 is 1.22 bits per heavy atom. The van der Waals surface area contributed by atoms with E-state index in [9.17, 15) is 0 Å². The third-order valence-corrected chi connectivity index (χ3v) is 3.31. The molecule has 0 aliphatic carbocycles. The molecule has 1 N–H and O–H groups in total. The van der Waals surface area contributed by atoms with Gasteiger partial charge in [-0.25, -0.2) is 0 Å². The molecule has 1 heterocycles. The molecule has 0 unspecified atom stereocenters. The normalized spacial score (nSPS) is 10.9. The highest BCUT2D eigenvalue weighted by atomic mass is 16.2. The lowest BCUT2D eigenvalue weighted by Crippen LogP contribution is -2.04. The van der Waals surface area contributed by atoms with Crippen molar-refractivity contribution in [1.29, 1.82) is 0 Å². The van der Waals surface area contributed by atoms with Crippen molar-refractivity contribution in [2.24, 2.45) is 0 Å². The summed E-state index contributed by atoms with van der Waals surface area (Å²) in [4.78, 5) is 0. The van der Waals surface area contributed by atoms with Gasteiger partial charge in [-0.2, -0.15) is 5.10 Å². The van der Waals surface area contributed by atoms with Crippen molar-refractivity contribution in [2.45, 2.75) is 33.7 Å². The largest absolute Gasteiger partial charge is 0.396 e. The van der Waals surface area contributed by atoms with Crippen LogP contribution in [0.25, 0.3) is 0 Å². The molecule has 3 nitrogen and oxygen atoms in total. The first-order valence-electron chi connectivity index (χ1n) is 6.31. The van der Waals surface area contributed by atoms with E-state index in [-0.39, 0.29) is 6.61 Å². The van der Waals surface area contributed by atoms with Crippen LogP contribution in [-0.2, 0) is 13.0 Å². The highest BCUT2D eigenvalue weighted by Gasteiger charge is 2.10. The lowest BCUT2D eigenvalue weighted by Gasteiger charge is -2.06. The number of nitrogens with zero attached hydrogens (tertiary/aromatic N) is 2. The van der Waals surface area contributed by atoms with Gasteiger partial charge in [-0.15, -0.1) is 0 Å². The maximum absolute atomic E-state index is 9.07. The first-order valence-corrected chi connectivity index (χ1v) is 6.31. The molecule has 2 rings (SSSR count). The van der Waals surface area contributed by atoms with E-state index >= 15 is 0 Å². The first-order chi connectivity index (χ1) is 8.61. The first kappa shape index (κ1) is 12.8. The van der Waals surface area contributed by atoms with E-state index in [4.69, 9.17) is 5.11 Å². The fourth-order valence-corrected chi connectivity index (χ4v) is 2.34. The van der Waals surface area contributed by atoms with Crippen molar-refractivity contribution in [3.8, 4) is 0 Å². The van der Waals surface area contributed by atoms with E-state index in [0.29, 0.717) is 6.42 Å². The molecule has 0 amide bonds.